The topological polar surface area (TPSA) is 55.4 Å². The van der Waals surface area contributed by atoms with E-state index in [0.717, 1.165) is 5.56 Å². The summed E-state index contributed by atoms with van der Waals surface area (Å²) in [6, 6.07) is 4.74. The zero-order valence-corrected chi connectivity index (χ0v) is 13.7. The maximum Gasteiger partial charge on any atom is 0.153 e. The van der Waals surface area contributed by atoms with Crippen molar-refractivity contribution in [3.63, 3.8) is 0 Å². The third-order valence-corrected chi connectivity index (χ3v) is 4.64. The van der Waals surface area contributed by atoms with Gasteiger partial charge >= 0.3 is 0 Å². The molecular weight excluding hydrogens is 293 g/mol. The number of halogens is 1. The molecule has 1 N–H and O–H groups in total. The van der Waals surface area contributed by atoms with E-state index < -0.39 is 9.84 Å². The predicted octanol–water partition coefficient (Wildman–Crippen LogP) is 2.53. The number of nitrogens with one attached hydrogen (secondary N) is 1. The Bertz CT molecular complexity index is 544. The molecule has 0 aliphatic carbocycles. The molecule has 1 aromatic carbocycles. The van der Waals surface area contributed by atoms with Crippen molar-refractivity contribution in [2.75, 3.05) is 18.1 Å². The van der Waals surface area contributed by atoms with E-state index in [-0.39, 0.29) is 23.9 Å². The number of hydrogen-bond donors (Lipinski definition) is 1. The van der Waals surface area contributed by atoms with Crippen LogP contribution in [0.5, 0.6) is 5.75 Å². The first-order valence-corrected chi connectivity index (χ1v) is 9.00. The van der Waals surface area contributed by atoms with Crippen LogP contribution in [0.15, 0.2) is 18.2 Å². The SMILES string of the molecule is CCCS(=O)(=O)CCOc1cc(F)cc(CNC(C)C)c1. The summed E-state index contributed by atoms with van der Waals surface area (Å²) in [5, 5.41) is 3.20. The lowest BCUT2D eigenvalue weighted by atomic mass is 10.2. The molecule has 0 atom stereocenters. The van der Waals surface area contributed by atoms with E-state index in [0.29, 0.717) is 24.8 Å². The predicted molar refractivity (Wildman–Crippen MR) is 82.8 cm³/mol. The van der Waals surface area contributed by atoms with Gasteiger partial charge in [-0.25, -0.2) is 12.8 Å². The lowest BCUT2D eigenvalue weighted by molar-refractivity contribution is 0.338. The molecule has 0 fully saturated rings. The zero-order valence-electron chi connectivity index (χ0n) is 12.9. The second-order valence-corrected chi connectivity index (χ2v) is 7.63. The maximum atomic E-state index is 13.5. The van der Waals surface area contributed by atoms with E-state index in [1.165, 1.54) is 12.1 Å². The minimum Gasteiger partial charge on any atom is -0.492 e. The van der Waals surface area contributed by atoms with Gasteiger partial charge in [0, 0.05) is 18.7 Å². The van der Waals surface area contributed by atoms with Gasteiger partial charge in [0.2, 0.25) is 0 Å². The molecule has 0 aromatic heterocycles. The van der Waals surface area contributed by atoms with Gasteiger partial charge in [0.25, 0.3) is 0 Å². The van der Waals surface area contributed by atoms with Gasteiger partial charge in [-0.2, -0.15) is 0 Å². The van der Waals surface area contributed by atoms with Crippen LogP contribution in [-0.2, 0) is 16.4 Å². The zero-order chi connectivity index (χ0) is 15.9. The molecule has 4 nitrogen and oxygen atoms in total. The van der Waals surface area contributed by atoms with Gasteiger partial charge in [-0.15, -0.1) is 0 Å². The molecule has 0 aliphatic heterocycles. The van der Waals surface area contributed by atoms with Crippen molar-refractivity contribution >= 4 is 9.84 Å². The third-order valence-electron chi connectivity index (χ3n) is 2.82. The van der Waals surface area contributed by atoms with Gasteiger partial charge in [-0.3, -0.25) is 0 Å². The largest absolute Gasteiger partial charge is 0.492 e. The van der Waals surface area contributed by atoms with Gasteiger partial charge < -0.3 is 10.1 Å². The van der Waals surface area contributed by atoms with Gasteiger partial charge in [-0.1, -0.05) is 20.8 Å². The molecule has 1 aromatic rings. The monoisotopic (exact) mass is 317 g/mol. The summed E-state index contributed by atoms with van der Waals surface area (Å²) >= 11 is 0. The first-order chi connectivity index (χ1) is 9.82. The minimum absolute atomic E-state index is 0.0445. The van der Waals surface area contributed by atoms with Crippen LogP contribution in [0.3, 0.4) is 0 Å². The van der Waals surface area contributed by atoms with E-state index in [4.69, 9.17) is 4.74 Å². The van der Waals surface area contributed by atoms with Crippen molar-refractivity contribution < 1.29 is 17.5 Å². The standard InChI is InChI=1S/C15H24FNO3S/c1-4-6-21(18,19)7-5-20-15-9-13(8-14(16)10-15)11-17-12(2)3/h8-10,12,17H,4-7,11H2,1-3H3. The molecule has 0 amide bonds. The van der Waals surface area contributed by atoms with Crippen LogP contribution >= 0.6 is 0 Å². The van der Waals surface area contributed by atoms with E-state index >= 15 is 0 Å². The molecule has 0 aliphatic rings. The van der Waals surface area contributed by atoms with Crippen molar-refractivity contribution in [3.05, 3.63) is 29.6 Å². The van der Waals surface area contributed by atoms with Gasteiger partial charge in [0.15, 0.2) is 9.84 Å². The first-order valence-electron chi connectivity index (χ1n) is 7.18. The van der Waals surface area contributed by atoms with Crippen LogP contribution in [0.4, 0.5) is 4.39 Å². The Hall–Kier alpha value is -1.14. The summed E-state index contributed by atoms with van der Waals surface area (Å²) in [4.78, 5) is 0. The average Bonchev–Trinajstić information content (AvgIpc) is 2.35. The quantitative estimate of drug-likeness (QED) is 0.760. The Morgan fingerprint density at radius 2 is 1.95 bits per heavy atom. The molecular formula is C15H24FNO3S. The second kappa shape index (κ2) is 8.34. The highest BCUT2D eigenvalue weighted by Gasteiger charge is 2.10. The maximum absolute atomic E-state index is 13.5. The summed E-state index contributed by atoms with van der Waals surface area (Å²) in [6.45, 7) is 6.42. The molecule has 0 heterocycles. The smallest absolute Gasteiger partial charge is 0.153 e. The van der Waals surface area contributed by atoms with Crippen LogP contribution < -0.4 is 10.1 Å². The number of ether oxygens (including phenoxy) is 1. The van der Waals surface area contributed by atoms with Crippen molar-refractivity contribution in [1.29, 1.82) is 0 Å². The van der Waals surface area contributed by atoms with E-state index in [1.54, 1.807) is 6.07 Å². The Balaban J connectivity index is 2.59. The van der Waals surface area contributed by atoms with E-state index in [1.807, 2.05) is 20.8 Å². The molecule has 120 valence electrons. The van der Waals surface area contributed by atoms with Gasteiger partial charge in [0.05, 0.1) is 11.5 Å². The van der Waals surface area contributed by atoms with E-state index in [2.05, 4.69) is 5.32 Å². The third kappa shape index (κ3) is 7.43. The van der Waals surface area contributed by atoms with Crippen LogP contribution in [0.25, 0.3) is 0 Å². The lowest BCUT2D eigenvalue weighted by Gasteiger charge is -2.11. The summed E-state index contributed by atoms with van der Waals surface area (Å²) in [6.07, 6.45) is 0.591. The highest BCUT2D eigenvalue weighted by Crippen LogP contribution is 2.16. The Labute approximate surface area is 126 Å². The van der Waals surface area contributed by atoms with Gasteiger partial charge in [0.1, 0.15) is 18.2 Å². The molecule has 0 unspecified atom stereocenters. The number of benzene rings is 1. The number of sulfone groups is 1. The molecule has 0 spiro atoms. The van der Waals surface area contributed by atoms with Crippen LogP contribution in [0.1, 0.15) is 32.8 Å². The molecule has 0 bridgehead atoms. The number of hydrogen-bond acceptors (Lipinski definition) is 4. The first kappa shape index (κ1) is 17.9. The Morgan fingerprint density at radius 1 is 1.24 bits per heavy atom. The van der Waals surface area contributed by atoms with Crippen molar-refractivity contribution in [3.8, 4) is 5.75 Å². The molecule has 21 heavy (non-hydrogen) atoms. The lowest BCUT2D eigenvalue weighted by Crippen LogP contribution is -2.22. The second-order valence-electron chi connectivity index (χ2n) is 5.33. The fourth-order valence-corrected chi connectivity index (χ4v) is 2.99. The van der Waals surface area contributed by atoms with Crippen molar-refractivity contribution in [1.82, 2.24) is 5.32 Å². The van der Waals surface area contributed by atoms with E-state index in [9.17, 15) is 12.8 Å². The molecule has 1 rings (SSSR count). The van der Waals surface area contributed by atoms with Crippen LogP contribution in [0, 0.1) is 5.82 Å². The van der Waals surface area contributed by atoms with Gasteiger partial charge in [-0.05, 0) is 24.1 Å². The normalized spacial score (nSPS) is 11.9. The summed E-state index contributed by atoms with van der Waals surface area (Å²) in [5.41, 5.74) is 0.773. The summed E-state index contributed by atoms with van der Waals surface area (Å²) < 4.78 is 42.0. The summed E-state index contributed by atoms with van der Waals surface area (Å²) in [7, 11) is -3.07. The highest BCUT2D eigenvalue weighted by molar-refractivity contribution is 7.91. The van der Waals surface area contributed by atoms with Crippen molar-refractivity contribution in [2.24, 2.45) is 0 Å². The Kier molecular flexibility index (Phi) is 7.11. The fraction of sp³-hybridized carbons (Fsp3) is 0.600. The average molecular weight is 317 g/mol. The molecule has 0 saturated heterocycles. The Morgan fingerprint density at radius 3 is 2.57 bits per heavy atom. The highest BCUT2D eigenvalue weighted by atomic mass is 32.2. The van der Waals surface area contributed by atoms with Crippen LogP contribution in [0.2, 0.25) is 0 Å². The minimum atomic E-state index is -3.07. The summed E-state index contributed by atoms with van der Waals surface area (Å²) in [5.74, 6) is 0.0896. The fourth-order valence-electron chi connectivity index (χ4n) is 1.83. The van der Waals surface area contributed by atoms with Crippen molar-refractivity contribution in [2.45, 2.75) is 39.8 Å². The van der Waals surface area contributed by atoms with Crippen LogP contribution in [-0.4, -0.2) is 32.6 Å². The molecule has 0 saturated carbocycles. The molecule has 0 radical (unpaired) electrons. The molecule has 6 heteroatoms. The number of rotatable bonds is 9.